The van der Waals surface area contributed by atoms with Crippen molar-refractivity contribution < 1.29 is 9.53 Å². The molecule has 1 aromatic rings. The summed E-state index contributed by atoms with van der Waals surface area (Å²) in [5.74, 6) is 1.63. The average molecular weight is 515 g/mol. The molecule has 1 aromatic carbocycles. The maximum Gasteiger partial charge on any atom is 0.251 e. The number of nitrogens with zero attached hydrogens (tertiary/aromatic N) is 3. The van der Waals surface area contributed by atoms with E-state index in [1.807, 2.05) is 25.2 Å². The van der Waals surface area contributed by atoms with Crippen molar-refractivity contribution in [2.24, 2.45) is 10.9 Å². The average Bonchev–Trinajstić information content (AvgIpc) is 3.19. The first-order valence-electron chi connectivity index (χ1n) is 10.3. The van der Waals surface area contributed by atoms with Crippen LogP contribution < -0.4 is 10.6 Å². The third kappa shape index (κ3) is 7.11. The quantitative estimate of drug-likeness (QED) is 0.341. The van der Waals surface area contributed by atoms with Gasteiger partial charge in [0, 0.05) is 58.9 Å². The minimum atomic E-state index is -0.0472. The Hall–Kier alpha value is -1.39. The SMILES string of the molecule is CN=C(NCCc1cccc(C(=O)NC)c1)N1CCC(CN2CCOCC2)C1.I. The van der Waals surface area contributed by atoms with E-state index in [9.17, 15) is 4.79 Å². The van der Waals surface area contributed by atoms with E-state index in [1.54, 1.807) is 7.05 Å². The van der Waals surface area contributed by atoms with Gasteiger partial charge in [-0.05, 0) is 36.5 Å². The number of morpholine rings is 1. The Kier molecular flexibility index (Phi) is 10.2. The van der Waals surface area contributed by atoms with Crippen LogP contribution >= 0.6 is 24.0 Å². The molecule has 2 heterocycles. The van der Waals surface area contributed by atoms with Gasteiger partial charge in [0.2, 0.25) is 0 Å². The number of carbonyl (C=O) groups excluding carboxylic acids is 1. The van der Waals surface area contributed by atoms with E-state index >= 15 is 0 Å². The zero-order valence-electron chi connectivity index (χ0n) is 17.5. The van der Waals surface area contributed by atoms with Crippen molar-refractivity contribution in [2.75, 3.05) is 66.6 Å². The van der Waals surface area contributed by atoms with Gasteiger partial charge in [0.25, 0.3) is 5.91 Å². The molecule has 29 heavy (non-hydrogen) atoms. The highest BCUT2D eigenvalue weighted by Gasteiger charge is 2.26. The molecule has 2 fully saturated rings. The highest BCUT2D eigenvalue weighted by molar-refractivity contribution is 14.0. The Balaban J connectivity index is 0.00000300. The fourth-order valence-corrected chi connectivity index (χ4v) is 3.99. The molecule has 0 bridgehead atoms. The molecule has 1 unspecified atom stereocenters. The molecule has 7 nitrogen and oxygen atoms in total. The summed E-state index contributed by atoms with van der Waals surface area (Å²) in [6.45, 7) is 7.90. The molecule has 2 aliphatic rings. The number of hydrogen-bond acceptors (Lipinski definition) is 4. The zero-order chi connectivity index (χ0) is 19.8. The fraction of sp³-hybridized carbons (Fsp3) is 0.619. The summed E-state index contributed by atoms with van der Waals surface area (Å²) < 4.78 is 5.45. The van der Waals surface area contributed by atoms with E-state index in [0.717, 1.165) is 70.4 Å². The van der Waals surface area contributed by atoms with E-state index in [4.69, 9.17) is 4.74 Å². The van der Waals surface area contributed by atoms with Gasteiger partial charge < -0.3 is 20.3 Å². The molecule has 2 saturated heterocycles. The number of rotatable bonds is 6. The molecule has 0 aromatic heterocycles. The summed E-state index contributed by atoms with van der Waals surface area (Å²) in [7, 11) is 3.51. The topological polar surface area (TPSA) is 69.2 Å². The van der Waals surface area contributed by atoms with E-state index in [0.29, 0.717) is 11.5 Å². The smallest absolute Gasteiger partial charge is 0.251 e. The number of benzene rings is 1. The molecule has 2 aliphatic heterocycles. The van der Waals surface area contributed by atoms with Gasteiger partial charge in [-0.3, -0.25) is 14.7 Å². The lowest BCUT2D eigenvalue weighted by Gasteiger charge is -2.29. The standard InChI is InChI=1S/C21H33N5O2.HI/c1-22-20(27)19-5-3-4-17(14-19)6-8-24-21(23-2)26-9-7-18(16-26)15-25-10-12-28-13-11-25;/h3-5,14,18H,6-13,15-16H2,1-2H3,(H,22,27)(H,23,24);1H. The van der Waals surface area contributed by atoms with E-state index in [-0.39, 0.29) is 29.9 Å². The summed E-state index contributed by atoms with van der Waals surface area (Å²) in [6.07, 6.45) is 2.07. The Bertz CT molecular complexity index is 679. The van der Waals surface area contributed by atoms with Gasteiger partial charge in [0.05, 0.1) is 13.2 Å². The van der Waals surface area contributed by atoms with Crippen molar-refractivity contribution in [1.29, 1.82) is 0 Å². The van der Waals surface area contributed by atoms with Crippen LogP contribution in [0, 0.1) is 5.92 Å². The summed E-state index contributed by atoms with van der Waals surface area (Å²) >= 11 is 0. The molecule has 0 radical (unpaired) electrons. The number of amides is 1. The lowest BCUT2D eigenvalue weighted by molar-refractivity contribution is 0.0315. The second-order valence-electron chi connectivity index (χ2n) is 7.52. The van der Waals surface area contributed by atoms with Crippen molar-refractivity contribution in [3.05, 3.63) is 35.4 Å². The Morgan fingerprint density at radius 2 is 2.07 bits per heavy atom. The number of nitrogens with one attached hydrogen (secondary N) is 2. The summed E-state index contributed by atoms with van der Waals surface area (Å²) in [4.78, 5) is 21.1. The fourth-order valence-electron chi connectivity index (χ4n) is 3.99. The number of hydrogen-bond donors (Lipinski definition) is 2. The maximum atomic E-state index is 11.8. The van der Waals surface area contributed by atoms with Gasteiger partial charge in [-0.15, -0.1) is 24.0 Å². The second kappa shape index (κ2) is 12.3. The molecule has 162 valence electrons. The van der Waals surface area contributed by atoms with E-state index in [2.05, 4.69) is 31.5 Å². The van der Waals surface area contributed by atoms with Crippen LogP contribution in [0.1, 0.15) is 22.3 Å². The Morgan fingerprint density at radius 3 is 2.79 bits per heavy atom. The number of carbonyl (C=O) groups is 1. The van der Waals surface area contributed by atoms with Crippen LogP contribution in [0.15, 0.2) is 29.3 Å². The number of guanidine groups is 1. The third-order valence-corrected chi connectivity index (χ3v) is 5.53. The summed E-state index contributed by atoms with van der Waals surface area (Å²) in [5, 5.41) is 6.16. The van der Waals surface area contributed by atoms with Gasteiger partial charge in [-0.2, -0.15) is 0 Å². The molecule has 0 saturated carbocycles. The van der Waals surface area contributed by atoms with Gasteiger partial charge in [-0.25, -0.2) is 0 Å². The van der Waals surface area contributed by atoms with Crippen molar-refractivity contribution in [2.45, 2.75) is 12.8 Å². The van der Waals surface area contributed by atoms with Gasteiger partial charge in [0.1, 0.15) is 0 Å². The molecular formula is C21H34IN5O2. The first-order valence-corrected chi connectivity index (χ1v) is 10.3. The van der Waals surface area contributed by atoms with Gasteiger partial charge in [0.15, 0.2) is 5.96 Å². The molecule has 1 amide bonds. The number of likely N-dealkylation sites (tertiary alicyclic amines) is 1. The summed E-state index contributed by atoms with van der Waals surface area (Å²) in [5.41, 5.74) is 1.85. The van der Waals surface area contributed by atoms with Crippen LogP contribution in [0.25, 0.3) is 0 Å². The predicted octanol–water partition coefficient (Wildman–Crippen LogP) is 1.44. The molecule has 2 N–H and O–H groups in total. The molecule has 0 spiro atoms. The van der Waals surface area contributed by atoms with E-state index < -0.39 is 0 Å². The number of aliphatic imine (C=N–C) groups is 1. The highest BCUT2D eigenvalue weighted by atomic mass is 127. The summed E-state index contributed by atoms with van der Waals surface area (Å²) in [6, 6.07) is 7.79. The molecule has 8 heteroatoms. The first-order chi connectivity index (χ1) is 13.7. The van der Waals surface area contributed by atoms with Crippen molar-refractivity contribution >= 4 is 35.8 Å². The van der Waals surface area contributed by atoms with Crippen molar-refractivity contribution in [3.63, 3.8) is 0 Å². The minimum absolute atomic E-state index is 0. The van der Waals surface area contributed by atoms with Crippen LogP contribution in [-0.2, 0) is 11.2 Å². The number of ether oxygens (including phenoxy) is 1. The Morgan fingerprint density at radius 1 is 1.28 bits per heavy atom. The predicted molar refractivity (Wildman–Crippen MR) is 127 cm³/mol. The molecule has 1 atom stereocenters. The third-order valence-electron chi connectivity index (χ3n) is 5.53. The maximum absolute atomic E-state index is 11.8. The normalized spacial score (nSPS) is 20.3. The molecule has 3 rings (SSSR count). The van der Waals surface area contributed by atoms with Gasteiger partial charge >= 0.3 is 0 Å². The Labute approximate surface area is 191 Å². The zero-order valence-corrected chi connectivity index (χ0v) is 19.9. The second-order valence-corrected chi connectivity index (χ2v) is 7.52. The lowest BCUT2D eigenvalue weighted by atomic mass is 10.1. The van der Waals surface area contributed by atoms with Crippen LogP contribution in [0.4, 0.5) is 0 Å². The first kappa shape index (κ1) is 23.9. The van der Waals surface area contributed by atoms with Crippen LogP contribution in [0.3, 0.4) is 0 Å². The monoisotopic (exact) mass is 515 g/mol. The van der Waals surface area contributed by atoms with E-state index in [1.165, 1.54) is 6.42 Å². The van der Waals surface area contributed by atoms with Crippen LogP contribution in [0.2, 0.25) is 0 Å². The van der Waals surface area contributed by atoms with Crippen molar-refractivity contribution in [3.8, 4) is 0 Å². The van der Waals surface area contributed by atoms with Crippen LogP contribution in [0.5, 0.6) is 0 Å². The number of halogens is 1. The molecule has 0 aliphatic carbocycles. The van der Waals surface area contributed by atoms with Gasteiger partial charge in [-0.1, -0.05) is 12.1 Å². The molecular weight excluding hydrogens is 481 g/mol. The van der Waals surface area contributed by atoms with Crippen molar-refractivity contribution in [1.82, 2.24) is 20.4 Å². The highest BCUT2D eigenvalue weighted by Crippen LogP contribution is 2.18. The van der Waals surface area contributed by atoms with Crippen LogP contribution in [-0.4, -0.2) is 88.2 Å². The largest absolute Gasteiger partial charge is 0.379 e. The lowest BCUT2D eigenvalue weighted by Crippen LogP contribution is -2.42. The minimum Gasteiger partial charge on any atom is -0.379 e.